The summed E-state index contributed by atoms with van der Waals surface area (Å²) in [6, 6.07) is 2.76. The number of benzene rings is 1. The fraction of sp³-hybridized carbons (Fsp3) is 0.385. The molecule has 0 radical (unpaired) electrons. The van der Waals surface area contributed by atoms with Gasteiger partial charge in [0.15, 0.2) is 0 Å². The van der Waals surface area contributed by atoms with E-state index in [1.807, 2.05) is 0 Å². The molecular formula is C13H13F2NO. The summed E-state index contributed by atoms with van der Waals surface area (Å²) in [6.45, 7) is 0. The van der Waals surface area contributed by atoms with E-state index in [4.69, 9.17) is 10.2 Å². The third kappa shape index (κ3) is 1.82. The summed E-state index contributed by atoms with van der Waals surface area (Å²) in [4.78, 5) is 0. The fourth-order valence-corrected chi connectivity index (χ4v) is 2.10. The lowest BCUT2D eigenvalue weighted by atomic mass is 10.0. The van der Waals surface area contributed by atoms with Gasteiger partial charge in [0.25, 0.3) is 0 Å². The van der Waals surface area contributed by atoms with E-state index < -0.39 is 11.6 Å². The minimum atomic E-state index is -0.547. The van der Waals surface area contributed by atoms with Gasteiger partial charge in [0.2, 0.25) is 0 Å². The van der Waals surface area contributed by atoms with Crippen molar-refractivity contribution in [3.63, 3.8) is 0 Å². The first-order valence-corrected chi connectivity index (χ1v) is 5.72. The first-order valence-electron chi connectivity index (χ1n) is 5.72. The molecular weight excluding hydrogens is 224 g/mol. The number of furan rings is 1. The first-order chi connectivity index (χ1) is 8.09. The highest BCUT2D eigenvalue weighted by molar-refractivity contribution is 5.78. The standard InChI is InChI=1S/C13H13F2NO/c14-10-7-11-9(2-6-17-11)12(15)8(10)1-3-13(16)4-5-13/h2,6-7H,1,3-5,16H2. The molecule has 4 heteroatoms. The van der Waals surface area contributed by atoms with Crippen molar-refractivity contribution in [1.82, 2.24) is 0 Å². The minimum absolute atomic E-state index is 0.121. The van der Waals surface area contributed by atoms with Crippen LogP contribution in [0.1, 0.15) is 24.8 Å². The Morgan fingerprint density at radius 2 is 2.12 bits per heavy atom. The van der Waals surface area contributed by atoms with Gasteiger partial charge in [0.1, 0.15) is 17.2 Å². The van der Waals surface area contributed by atoms with Crippen LogP contribution in [0.5, 0.6) is 0 Å². The molecule has 1 aromatic carbocycles. The quantitative estimate of drug-likeness (QED) is 0.890. The topological polar surface area (TPSA) is 39.2 Å². The highest BCUT2D eigenvalue weighted by atomic mass is 19.1. The average molecular weight is 237 g/mol. The molecule has 1 aliphatic carbocycles. The van der Waals surface area contributed by atoms with Gasteiger partial charge in [-0.3, -0.25) is 0 Å². The zero-order valence-corrected chi connectivity index (χ0v) is 9.30. The number of hydrogen-bond acceptors (Lipinski definition) is 2. The minimum Gasteiger partial charge on any atom is -0.464 e. The van der Waals surface area contributed by atoms with Gasteiger partial charge in [-0.1, -0.05) is 0 Å². The van der Waals surface area contributed by atoms with Crippen LogP contribution in [0.25, 0.3) is 11.0 Å². The largest absolute Gasteiger partial charge is 0.464 e. The molecule has 0 saturated heterocycles. The van der Waals surface area contributed by atoms with E-state index in [1.165, 1.54) is 18.4 Å². The number of rotatable bonds is 3. The maximum absolute atomic E-state index is 14.0. The van der Waals surface area contributed by atoms with Crippen LogP contribution in [0.4, 0.5) is 8.78 Å². The number of hydrogen-bond donors (Lipinski definition) is 1. The lowest BCUT2D eigenvalue weighted by molar-refractivity contribution is 0.531. The van der Waals surface area contributed by atoms with E-state index in [1.54, 1.807) is 0 Å². The van der Waals surface area contributed by atoms with Crippen LogP contribution < -0.4 is 5.73 Å². The molecule has 0 amide bonds. The number of fused-ring (bicyclic) bond motifs is 1. The van der Waals surface area contributed by atoms with Crippen LogP contribution in [-0.4, -0.2) is 5.54 Å². The second-order valence-electron chi connectivity index (χ2n) is 4.85. The Balaban J connectivity index is 1.96. The molecule has 17 heavy (non-hydrogen) atoms. The van der Waals surface area contributed by atoms with Gasteiger partial charge < -0.3 is 10.2 Å². The van der Waals surface area contributed by atoms with Gasteiger partial charge in [-0.25, -0.2) is 8.78 Å². The molecule has 1 aliphatic rings. The average Bonchev–Trinajstić information content (AvgIpc) is 2.84. The van der Waals surface area contributed by atoms with Crippen LogP contribution in [0, 0.1) is 11.6 Å². The Bertz CT molecular complexity index is 572. The van der Waals surface area contributed by atoms with Crippen molar-refractivity contribution >= 4 is 11.0 Å². The predicted molar refractivity (Wildman–Crippen MR) is 60.6 cm³/mol. The van der Waals surface area contributed by atoms with Gasteiger partial charge in [0, 0.05) is 17.2 Å². The van der Waals surface area contributed by atoms with Crippen molar-refractivity contribution in [3.05, 3.63) is 35.6 Å². The van der Waals surface area contributed by atoms with E-state index in [0.717, 1.165) is 12.8 Å². The van der Waals surface area contributed by atoms with E-state index in [-0.39, 0.29) is 16.7 Å². The molecule has 0 spiro atoms. The van der Waals surface area contributed by atoms with E-state index in [0.29, 0.717) is 18.2 Å². The molecule has 2 aromatic rings. The van der Waals surface area contributed by atoms with E-state index in [9.17, 15) is 8.78 Å². The van der Waals surface area contributed by atoms with Gasteiger partial charge in [-0.05, 0) is 31.7 Å². The van der Waals surface area contributed by atoms with Gasteiger partial charge in [-0.15, -0.1) is 0 Å². The lowest BCUT2D eigenvalue weighted by Gasteiger charge is -2.10. The Morgan fingerprint density at radius 1 is 1.35 bits per heavy atom. The molecule has 1 heterocycles. The maximum Gasteiger partial charge on any atom is 0.140 e. The molecule has 2 N–H and O–H groups in total. The molecule has 1 fully saturated rings. The van der Waals surface area contributed by atoms with E-state index in [2.05, 4.69) is 0 Å². The summed E-state index contributed by atoms with van der Waals surface area (Å²) in [5, 5.41) is 0.336. The Kier molecular flexibility index (Phi) is 2.23. The number of nitrogens with two attached hydrogens (primary N) is 1. The summed E-state index contributed by atoms with van der Waals surface area (Å²) < 4.78 is 32.7. The lowest BCUT2D eigenvalue weighted by Crippen LogP contribution is -2.22. The Morgan fingerprint density at radius 3 is 2.82 bits per heavy atom. The summed E-state index contributed by atoms with van der Waals surface area (Å²) in [7, 11) is 0. The smallest absolute Gasteiger partial charge is 0.140 e. The zero-order chi connectivity index (χ0) is 12.0. The predicted octanol–water partition coefficient (Wildman–Crippen LogP) is 3.13. The van der Waals surface area contributed by atoms with Crippen LogP contribution >= 0.6 is 0 Å². The molecule has 0 unspecified atom stereocenters. The van der Waals surface area contributed by atoms with Crippen LogP contribution in [-0.2, 0) is 6.42 Å². The molecule has 0 bridgehead atoms. The molecule has 90 valence electrons. The van der Waals surface area contributed by atoms with Crippen LogP contribution in [0.15, 0.2) is 22.8 Å². The van der Waals surface area contributed by atoms with Crippen molar-refractivity contribution in [2.75, 3.05) is 0 Å². The molecule has 0 atom stereocenters. The summed E-state index contributed by atoms with van der Waals surface area (Å²) >= 11 is 0. The Hall–Kier alpha value is -1.42. The van der Waals surface area contributed by atoms with Crippen molar-refractivity contribution in [3.8, 4) is 0 Å². The highest BCUT2D eigenvalue weighted by Crippen LogP contribution is 2.37. The molecule has 2 nitrogen and oxygen atoms in total. The normalized spacial score (nSPS) is 17.6. The zero-order valence-electron chi connectivity index (χ0n) is 9.30. The van der Waals surface area contributed by atoms with Crippen molar-refractivity contribution in [1.29, 1.82) is 0 Å². The molecule has 0 aliphatic heterocycles. The number of halogens is 2. The second kappa shape index (κ2) is 3.53. The summed E-state index contributed by atoms with van der Waals surface area (Å²) in [5.74, 6) is -1.06. The molecule has 3 rings (SSSR count). The second-order valence-corrected chi connectivity index (χ2v) is 4.85. The van der Waals surface area contributed by atoms with Crippen molar-refractivity contribution < 1.29 is 13.2 Å². The first kappa shape index (κ1) is 10.7. The highest BCUT2D eigenvalue weighted by Gasteiger charge is 2.37. The fourth-order valence-electron chi connectivity index (χ4n) is 2.10. The summed E-state index contributed by atoms with van der Waals surface area (Å²) in [5.41, 5.74) is 6.10. The van der Waals surface area contributed by atoms with Crippen LogP contribution in [0.2, 0.25) is 0 Å². The maximum atomic E-state index is 14.0. The SMILES string of the molecule is NC1(CCc2c(F)cc3occc3c2F)CC1. The third-order valence-corrected chi connectivity index (χ3v) is 3.51. The molecule has 1 saturated carbocycles. The monoisotopic (exact) mass is 237 g/mol. The van der Waals surface area contributed by atoms with Gasteiger partial charge in [0.05, 0.1) is 11.6 Å². The van der Waals surface area contributed by atoms with E-state index >= 15 is 0 Å². The van der Waals surface area contributed by atoms with Crippen LogP contribution in [0.3, 0.4) is 0 Å². The van der Waals surface area contributed by atoms with Crippen molar-refractivity contribution in [2.24, 2.45) is 5.73 Å². The van der Waals surface area contributed by atoms with Crippen molar-refractivity contribution in [2.45, 2.75) is 31.2 Å². The molecule has 1 aromatic heterocycles. The van der Waals surface area contributed by atoms with Gasteiger partial charge in [-0.2, -0.15) is 0 Å². The third-order valence-electron chi connectivity index (χ3n) is 3.51. The van der Waals surface area contributed by atoms with Gasteiger partial charge >= 0.3 is 0 Å². The summed E-state index contributed by atoms with van der Waals surface area (Å²) in [6.07, 6.45) is 4.23. The Labute approximate surface area is 97.4 Å².